The number of hydrogen-bond acceptors (Lipinski definition) is 6. The zero-order valence-electron chi connectivity index (χ0n) is 20.9. The minimum absolute atomic E-state index is 0.0710. The Hall–Kier alpha value is -4.66. The highest BCUT2D eigenvalue weighted by Gasteiger charge is 2.22. The number of ether oxygens (including phenoxy) is 2. The highest BCUT2D eigenvalue weighted by Crippen LogP contribution is 2.31. The molecule has 1 atom stereocenters. The molecule has 3 heterocycles. The van der Waals surface area contributed by atoms with Crippen LogP contribution >= 0.6 is 0 Å². The normalized spacial score (nSPS) is 11.9. The van der Waals surface area contributed by atoms with Gasteiger partial charge in [0.15, 0.2) is 5.82 Å². The maximum Gasteiger partial charge on any atom is 0.254 e. The van der Waals surface area contributed by atoms with Gasteiger partial charge in [-0.2, -0.15) is 5.10 Å². The standard InChI is InChI=1S/C28H28N6O3/c1-4-37-27-14-13-26(32-33-27)34-18(2)22(17-31-34)28(35)30-15-23(19-9-11-20(36-3)12-10-19)24-16-29-25-8-6-5-7-21(24)25/h5-14,16-17,23,29H,4,15H2,1-3H3,(H,30,35)/t23-/m1/s1. The van der Waals surface area contributed by atoms with Gasteiger partial charge >= 0.3 is 0 Å². The van der Waals surface area contributed by atoms with Crippen LogP contribution < -0.4 is 14.8 Å². The minimum atomic E-state index is -0.207. The molecule has 0 fully saturated rings. The number of carbonyl (C=O) groups excluding carboxylic acids is 1. The molecule has 0 saturated carbocycles. The molecule has 0 saturated heterocycles. The zero-order valence-corrected chi connectivity index (χ0v) is 20.9. The van der Waals surface area contributed by atoms with E-state index in [2.05, 4.69) is 31.7 Å². The van der Waals surface area contributed by atoms with Crippen LogP contribution in [0.2, 0.25) is 0 Å². The molecule has 5 rings (SSSR count). The molecule has 37 heavy (non-hydrogen) atoms. The number of aromatic amines is 1. The first-order valence-electron chi connectivity index (χ1n) is 12.1. The van der Waals surface area contributed by atoms with E-state index in [0.29, 0.717) is 36.1 Å². The van der Waals surface area contributed by atoms with Crippen molar-refractivity contribution in [3.63, 3.8) is 0 Å². The Morgan fingerprint density at radius 3 is 2.62 bits per heavy atom. The van der Waals surface area contributed by atoms with Crippen LogP contribution in [-0.2, 0) is 0 Å². The monoisotopic (exact) mass is 496 g/mol. The van der Waals surface area contributed by atoms with Crippen LogP contribution in [0.1, 0.15) is 40.0 Å². The summed E-state index contributed by atoms with van der Waals surface area (Å²) < 4.78 is 12.3. The van der Waals surface area contributed by atoms with E-state index in [1.165, 1.54) is 0 Å². The van der Waals surface area contributed by atoms with E-state index in [0.717, 1.165) is 27.8 Å². The number of fused-ring (bicyclic) bond motifs is 1. The van der Waals surface area contributed by atoms with Gasteiger partial charge in [-0.05, 0) is 49.2 Å². The summed E-state index contributed by atoms with van der Waals surface area (Å²) in [5.74, 6) is 1.45. The number of amides is 1. The lowest BCUT2D eigenvalue weighted by atomic mass is 9.90. The number of H-pyrrole nitrogens is 1. The Kier molecular flexibility index (Phi) is 6.85. The number of methoxy groups -OCH3 is 1. The van der Waals surface area contributed by atoms with Crippen molar-refractivity contribution in [2.24, 2.45) is 0 Å². The molecule has 1 amide bonds. The van der Waals surface area contributed by atoms with Crippen molar-refractivity contribution >= 4 is 16.8 Å². The summed E-state index contributed by atoms with van der Waals surface area (Å²) in [5, 5.41) is 16.8. The first-order valence-corrected chi connectivity index (χ1v) is 12.1. The lowest BCUT2D eigenvalue weighted by Gasteiger charge is -2.18. The number of hydrogen-bond donors (Lipinski definition) is 2. The van der Waals surface area contributed by atoms with E-state index in [-0.39, 0.29) is 11.8 Å². The van der Waals surface area contributed by atoms with E-state index in [1.54, 1.807) is 30.1 Å². The van der Waals surface area contributed by atoms with Crippen molar-refractivity contribution in [2.45, 2.75) is 19.8 Å². The van der Waals surface area contributed by atoms with Crippen molar-refractivity contribution in [3.8, 4) is 17.4 Å². The van der Waals surface area contributed by atoms with Gasteiger partial charge in [-0.25, -0.2) is 4.68 Å². The van der Waals surface area contributed by atoms with Crippen molar-refractivity contribution in [1.82, 2.24) is 30.3 Å². The molecule has 3 aromatic heterocycles. The number of para-hydroxylation sites is 1. The second kappa shape index (κ2) is 10.5. The number of carbonyl (C=O) groups is 1. The highest BCUT2D eigenvalue weighted by atomic mass is 16.5. The molecule has 9 nitrogen and oxygen atoms in total. The Bertz CT molecular complexity index is 1510. The molecule has 188 valence electrons. The Morgan fingerprint density at radius 2 is 1.89 bits per heavy atom. The molecule has 0 aliphatic carbocycles. The van der Waals surface area contributed by atoms with Gasteiger partial charge in [0.05, 0.1) is 31.2 Å². The molecule has 0 unspecified atom stereocenters. The molecule has 0 spiro atoms. The molecule has 0 radical (unpaired) electrons. The van der Waals surface area contributed by atoms with Crippen molar-refractivity contribution in [3.05, 3.63) is 95.4 Å². The van der Waals surface area contributed by atoms with Crippen LogP contribution in [0.25, 0.3) is 16.7 Å². The lowest BCUT2D eigenvalue weighted by molar-refractivity contribution is 0.0952. The van der Waals surface area contributed by atoms with Crippen molar-refractivity contribution < 1.29 is 14.3 Å². The van der Waals surface area contributed by atoms with Crippen LogP contribution in [0.5, 0.6) is 11.6 Å². The third-order valence-electron chi connectivity index (χ3n) is 6.37. The number of aromatic nitrogens is 5. The molecule has 2 N–H and O–H groups in total. The van der Waals surface area contributed by atoms with E-state index in [1.807, 2.05) is 62.5 Å². The summed E-state index contributed by atoms with van der Waals surface area (Å²) in [6.07, 6.45) is 3.57. The van der Waals surface area contributed by atoms with Crippen molar-refractivity contribution in [2.75, 3.05) is 20.3 Å². The van der Waals surface area contributed by atoms with Gasteiger partial charge in [0, 0.05) is 35.6 Å². The maximum absolute atomic E-state index is 13.3. The predicted molar refractivity (Wildman–Crippen MR) is 141 cm³/mol. The number of nitrogens with one attached hydrogen (secondary N) is 2. The van der Waals surface area contributed by atoms with E-state index < -0.39 is 0 Å². The highest BCUT2D eigenvalue weighted by molar-refractivity contribution is 5.95. The van der Waals surface area contributed by atoms with Gasteiger partial charge in [0.25, 0.3) is 5.91 Å². The van der Waals surface area contributed by atoms with Gasteiger partial charge in [0.2, 0.25) is 5.88 Å². The predicted octanol–water partition coefficient (Wildman–Crippen LogP) is 4.42. The minimum Gasteiger partial charge on any atom is -0.497 e. The average Bonchev–Trinajstić information content (AvgIpc) is 3.53. The summed E-state index contributed by atoms with van der Waals surface area (Å²) in [4.78, 5) is 16.6. The van der Waals surface area contributed by atoms with E-state index in [4.69, 9.17) is 9.47 Å². The van der Waals surface area contributed by atoms with Gasteiger partial charge < -0.3 is 19.8 Å². The Morgan fingerprint density at radius 1 is 1.08 bits per heavy atom. The summed E-state index contributed by atoms with van der Waals surface area (Å²) in [5.41, 5.74) is 4.38. The lowest BCUT2D eigenvalue weighted by Crippen LogP contribution is -2.29. The Balaban J connectivity index is 1.39. The third-order valence-corrected chi connectivity index (χ3v) is 6.37. The average molecular weight is 497 g/mol. The molecular formula is C28H28N6O3. The van der Waals surface area contributed by atoms with Crippen LogP contribution in [0, 0.1) is 6.92 Å². The van der Waals surface area contributed by atoms with Gasteiger partial charge in [-0.1, -0.05) is 30.3 Å². The molecule has 2 aromatic carbocycles. The molecule has 0 aliphatic rings. The maximum atomic E-state index is 13.3. The SMILES string of the molecule is CCOc1ccc(-n2ncc(C(=O)NC[C@H](c3ccc(OC)cc3)c3c[nH]c4ccccc34)c2C)nn1. The fourth-order valence-corrected chi connectivity index (χ4v) is 4.43. The Labute approximate surface area is 214 Å². The number of nitrogens with zero attached hydrogens (tertiary/aromatic N) is 4. The van der Waals surface area contributed by atoms with Gasteiger partial charge in [0.1, 0.15) is 5.75 Å². The summed E-state index contributed by atoms with van der Waals surface area (Å²) in [6.45, 7) is 4.63. The first kappa shape index (κ1) is 24.1. The van der Waals surface area contributed by atoms with Crippen LogP contribution in [-0.4, -0.2) is 51.1 Å². The molecule has 9 heteroatoms. The fourth-order valence-electron chi connectivity index (χ4n) is 4.43. The third kappa shape index (κ3) is 4.88. The number of benzene rings is 2. The van der Waals surface area contributed by atoms with Crippen LogP contribution in [0.4, 0.5) is 0 Å². The first-order chi connectivity index (χ1) is 18.1. The fraction of sp³-hybridized carbons (Fsp3) is 0.214. The van der Waals surface area contributed by atoms with Gasteiger partial charge in [-0.15, -0.1) is 10.2 Å². The van der Waals surface area contributed by atoms with Crippen LogP contribution in [0.3, 0.4) is 0 Å². The van der Waals surface area contributed by atoms with Gasteiger partial charge in [-0.3, -0.25) is 4.79 Å². The summed E-state index contributed by atoms with van der Waals surface area (Å²) in [7, 11) is 1.65. The van der Waals surface area contributed by atoms with E-state index in [9.17, 15) is 4.79 Å². The molecule has 0 aliphatic heterocycles. The van der Waals surface area contributed by atoms with Crippen LogP contribution in [0.15, 0.2) is 73.1 Å². The quantitative estimate of drug-likeness (QED) is 0.313. The smallest absolute Gasteiger partial charge is 0.254 e. The largest absolute Gasteiger partial charge is 0.497 e. The molecule has 5 aromatic rings. The second-order valence-corrected chi connectivity index (χ2v) is 8.54. The number of rotatable bonds is 9. The molecular weight excluding hydrogens is 468 g/mol. The zero-order chi connectivity index (χ0) is 25.8. The summed E-state index contributed by atoms with van der Waals surface area (Å²) >= 11 is 0. The van der Waals surface area contributed by atoms with E-state index >= 15 is 0 Å². The molecule has 0 bridgehead atoms. The summed E-state index contributed by atoms with van der Waals surface area (Å²) in [6, 6.07) is 19.6. The topological polar surface area (TPSA) is 107 Å². The van der Waals surface area contributed by atoms with Crippen molar-refractivity contribution in [1.29, 1.82) is 0 Å². The second-order valence-electron chi connectivity index (χ2n) is 8.54.